The van der Waals surface area contributed by atoms with Crippen molar-refractivity contribution < 1.29 is 23.9 Å². The van der Waals surface area contributed by atoms with Crippen molar-refractivity contribution in [2.45, 2.75) is 58.4 Å². The Kier molecular flexibility index (Phi) is 6.14. The van der Waals surface area contributed by atoms with Crippen LogP contribution in [0.2, 0.25) is 0 Å². The van der Waals surface area contributed by atoms with Crippen molar-refractivity contribution in [3.05, 3.63) is 26.8 Å². The first-order valence-corrected chi connectivity index (χ1v) is 13.2. The van der Waals surface area contributed by atoms with Crippen LogP contribution < -0.4 is 14.8 Å². The average Bonchev–Trinajstić information content (AvgIpc) is 2.77. The topological polar surface area (TPSA) is 84.9 Å². The number of halogens is 1. The van der Waals surface area contributed by atoms with Crippen LogP contribution in [0.25, 0.3) is 6.08 Å². The van der Waals surface area contributed by atoms with Gasteiger partial charge < -0.3 is 9.47 Å². The molecular weight excluding hydrogens is 547 g/mol. The van der Waals surface area contributed by atoms with Crippen LogP contribution >= 0.6 is 22.6 Å². The van der Waals surface area contributed by atoms with Crippen LogP contribution in [0.15, 0.2) is 17.7 Å². The number of hydrogen-bond acceptors (Lipinski definition) is 5. The van der Waals surface area contributed by atoms with Gasteiger partial charge in [-0.15, -0.1) is 0 Å². The number of carbonyl (C=O) groups is 3. The van der Waals surface area contributed by atoms with E-state index < -0.39 is 17.8 Å². The number of barbiturate groups is 1. The lowest BCUT2D eigenvalue weighted by molar-refractivity contribution is -0.139. The van der Waals surface area contributed by atoms with Crippen molar-refractivity contribution in [3.8, 4) is 11.5 Å². The lowest BCUT2D eigenvalue weighted by Gasteiger charge is -2.60. The van der Waals surface area contributed by atoms with Crippen LogP contribution in [0.5, 0.6) is 11.5 Å². The molecule has 6 rings (SSSR count). The summed E-state index contributed by atoms with van der Waals surface area (Å²) in [5.74, 6) is 2.08. The molecule has 1 N–H and O–H groups in total. The summed E-state index contributed by atoms with van der Waals surface area (Å²) in [6.07, 6.45) is 8.61. The predicted octanol–water partition coefficient (Wildman–Crippen LogP) is 4.77. The summed E-state index contributed by atoms with van der Waals surface area (Å²) in [6.45, 7) is 4.39. The van der Waals surface area contributed by atoms with Gasteiger partial charge in [-0.1, -0.05) is 0 Å². The second-order valence-corrected chi connectivity index (χ2v) is 11.6. The fraction of sp³-hybridized carbons (Fsp3) is 0.577. The number of benzene rings is 1. The van der Waals surface area contributed by atoms with E-state index in [0.29, 0.717) is 41.4 Å². The zero-order valence-electron chi connectivity index (χ0n) is 19.9. The monoisotopic (exact) mass is 578 g/mol. The lowest BCUT2D eigenvalue weighted by Crippen LogP contribution is -2.63. The van der Waals surface area contributed by atoms with Crippen molar-refractivity contribution in [1.29, 1.82) is 0 Å². The van der Waals surface area contributed by atoms with E-state index in [4.69, 9.17) is 9.47 Å². The lowest BCUT2D eigenvalue weighted by atomic mass is 9.47. The first kappa shape index (κ1) is 23.6. The zero-order chi connectivity index (χ0) is 24.2. The predicted molar refractivity (Wildman–Crippen MR) is 135 cm³/mol. The number of carbonyl (C=O) groups excluding carboxylic acids is 3. The molecule has 1 aromatic carbocycles. The highest BCUT2D eigenvalue weighted by Crippen LogP contribution is 2.62. The number of nitrogens with zero attached hydrogens (tertiary/aromatic N) is 1. The number of urea groups is 1. The average molecular weight is 578 g/mol. The Hall–Kier alpha value is -2.10. The van der Waals surface area contributed by atoms with Gasteiger partial charge in [0.25, 0.3) is 11.8 Å². The van der Waals surface area contributed by atoms with Gasteiger partial charge >= 0.3 is 6.03 Å². The van der Waals surface area contributed by atoms with Crippen LogP contribution in [-0.2, 0) is 9.59 Å². The second kappa shape index (κ2) is 8.84. The van der Waals surface area contributed by atoms with Crippen LogP contribution in [0.1, 0.15) is 57.9 Å². The summed E-state index contributed by atoms with van der Waals surface area (Å²) in [6, 6.07) is 2.73. The quantitative estimate of drug-likeness (QED) is 0.299. The van der Waals surface area contributed by atoms with E-state index >= 15 is 0 Å². The van der Waals surface area contributed by atoms with Crippen LogP contribution in [0.4, 0.5) is 4.79 Å². The minimum Gasteiger partial charge on any atom is -0.493 e. The van der Waals surface area contributed by atoms with Gasteiger partial charge in [0.15, 0.2) is 11.5 Å². The van der Waals surface area contributed by atoms with Crippen LogP contribution in [0, 0.1) is 26.7 Å². The number of imide groups is 2. The summed E-state index contributed by atoms with van der Waals surface area (Å²) >= 11 is 2.15. The molecular formula is C26H31IN2O5. The number of rotatable bonds is 6. The first-order chi connectivity index (χ1) is 16.2. The fourth-order valence-electron chi connectivity index (χ4n) is 7.26. The van der Waals surface area contributed by atoms with Gasteiger partial charge in [-0.25, -0.2) is 4.79 Å². The maximum atomic E-state index is 13.6. The number of methoxy groups -OCH3 is 1. The van der Waals surface area contributed by atoms with Gasteiger partial charge in [0.05, 0.1) is 17.3 Å². The van der Waals surface area contributed by atoms with E-state index in [1.165, 1.54) is 24.2 Å². The standard InChI is InChI=1S/C26H31IN2O5/c1-4-34-22-20(27)9-15(10-21(22)33-3)8-19-23(30)28-25(32)29(24(19)31)14(2)26-11-16-5-17(12-26)7-18(6-16)13-26/h8-10,14,16-18H,4-7,11-13H2,1-3H3,(H,28,30,32)/b19-8+/t14-,16?,17?,18?,26?/m1/s1. The summed E-state index contributed by atoms with van der Waals surface area (Å²) in [4.78, 5) is 40.6. The maximum absolute atomic E-state index is 13.6. The SMILES string of the molecule is CCOc1c(I)cc(/C=C2\C(=O)NC(=O)N([C@H](C)C34CC5CC(CC(C5)C3)C4)C2=O)cc1OC. The van der Waals surface area contributed by atoms with Crippen molar-refractivity contribution >= 4 is 46.5 Å². The van der Waals surface area contributed by atoms with Crippen molar-refractivity contribution in [1.82, 2.24) is 10.2 Å². The molecule has 4 amide bonds. The molecule has 8 heteroatoms. The molecule has 1 atom stereocenters. The molecule has 0 radical (unpaired) electrons. The molecule has 4 aliphatic carbocycles. The highest BCUT2D eigenvalue weighted by Gasteiger charge is 2.56. The van der Waals surface area contributed by atoms with E-state index in [1.54, 1.807) is 19.3 Å². The van der Waals surface area contributed by atoms with Crippen LogP contribution in [0.3, 0.4) is 0 Å². The van der Waals surface area contributed by atoms with E-state index in [2.05, 4.69) is 27.9 Å². The summed E-state index contributed by atoms with van der Waals surface area (Å²) in [5, 5.41) is 2.42. The van der Waals surface area contributed by atoms with Gasteiger partial charge in [0.2, 0.25) is 0 Å². The Labute approximate surface area is 213 Å². The molecule has 1 aliphatic heterocycles. The van der Waals surface area contributed by atoms with Gasteiger partial charge in [-0.2, -0.15) is 0 Å². The highest BCUT2D eigenvalue weighted by molar-refractivity contribution is 14.1. The normalized spacial score (nSPS) is 32.2. The number of nitrogens with one attached hydrogen (secondary N) is 1. The van der Waals surface area contributed by atoms with E-state index in [-0.39, 0.29) is 17.0 Å². The van der Waals surface area contributed by atoms with E-state index in [1.807, 2.05) is 19.9 Å². The Morgan fingerprint density at radius 3 is 2.32 bits per heavy atom. The van der Waals surface area contributed by atoms with E-state index in [9.17, 15) is 14.4 Å². The Morgan fingerprint density at radius 2 is 1.76 bits per heavy atom. The second-order valence-electron chi connectivity index (χ2n) is 10.4. The van der Waals surface area contributed by atoms with Crippen molar-refractivity contribution in [3.63, 3.8) is 0 Å². The molecule has 7 nitrogen and oxygen atoms in total. The molecule has 34 heavy (non-hydrogen) atoms. The Bertz CT molecular complexity index is 1050. The van der Waals surface area contributed by atoms with E-state index in [0.717, 1.165) is 22.8 Å². The third-order valence-electron chi connectivity index (χ3n) is 8.34. The third kappa shape index (κ3) is 3.91. The van der Waals surface area contributed by atoms with Crippen molar-refractivity contribution in [2.24, 2.45) is 23.2 Å². The summed E-state index contributed by atoms with van der Waals surface area (Å²) in [5.41, 5.74) is 0.573. The fourth-order valence-corrected chi connectivity index (χ4v) is 8.04. The zero-order valence-corrected chi connectivity index (χ0v) is 22.0. The molecule has 0 spiro atoms. The molecule has 1 heterocycles. The molecule has 182 valence electrons. The van der Waals surface area contributed by atoms with Gasteiger partial charge in [-0.05, 0) is 122 Å². The minimum atomic E-state index is -0.660. The Morgan fingerprint density at radius 1 is 1.15 bits per heavy atom. The Balaban J connectivity index is 1.47. The molecule has 4 bridgehead atoms. The minimum absolute atomic E-state index is 0.0295. The molecule has 1 aromatic rings. The molecule has 0 unspecified atom stereocenters. The highest BCUT2D eigenvalue weighted by atomic mass is 127. The number of hydrogen-bond donors (Lipinski definition) is 1. The van der Waals surface area contributed by atoms with Gasteiger partial charge in [0.1, 0.15) is 5.57 Å². The first-order valence-electron chi connectivity index (χ1n) is 12.2. The third-order valence-corrected chi connectivity index (χ3v) is 9.14. The molecule has 4 saturated carbocycles. The molecule has 5 fully saturated rings. The smallest absolute Gasteiger partial charge is 0.331 e. The molecule has 5 aliphatic rings. The number of ether oxygens (including phenoxy) is 2. The van der Waals surface area contributed by atoms with Crippen molar-refractivity contribution in [2.75, 3.05) is 13.7 Å². The number of amides is 4. The molecule has 0 aromatic heterocycles. The molecule has 1 saturated heterocycles. The largest absolute Gasteiger partial charge is 0.493 e. The van der Waals surface area contributed by atoms with Crippen LogP contribution in [-0.4, -0.2) is 42.5 Å². The maximum Gasteiger partial charge on any atom is 0.331 e. The summed E-state index contributed by atoms with van der Waals surface area (Å²) < 4.78 is 11.9. The van der Waals surface area contributed by atoms with Gasteiger partial charge in [-0.3, -0.25) is 19.8 Å². The van der Waals surface area contributed by atoms with Gasteiger partial charge in [0, 0.05) is 6.04 Å². The summed E-state index contributed by atoms with van der Waals surface area (Å²) in [7, 11) is 1.55.